The summed E-state index contributed by atoms with van der Waals surface area (Å²) in [6, 6.07) is 5.17. The number of aromatic hydroxyl groups is 1. The number of sulfone groups is 1. The average molecular weight is 308 g/mol. The molecule has 2 N–H and O–H groups in total. The Balaban J connectivity index is 2.41. The Hall–Kier alpha value is -0.590. The van der Waals surface area contributed by atoms with Crippen molar-refractivity contribution in [1.29, 1.82) is 0 Å². The lowest BCUT2D eigenvalue weighted by molar-refractivity contribution is 0.471. The fraction of sp³-hybridized carbons (Fsp3) is 0.400. The average Bonchev–Trinajstić information content (AvgIpc) is 2.17. The van der Waals surface area contributed by atoms with Crippen LogP contribution in [0.1, 0.15) is 5.56 Å². The summed E-state index contributed by atoms with van der Waals surface area (Å²) >= 11 is 3.21. The summed E-state index contributed by atoms with van der Waals surface area (Å²) in [7, 11) is -2.91. The van der Waals surface area contributed by atoms with E-state index in [-0.39, 0.29) is 11.5 Å². The molecule has 16 heavy (non-hydrogen) atoms. The predicted molar refractivity (Wildman–Crippen MR) is 67.2 cm³/mol. The van der Waals surface area contributed by atoms with Crippen molar-refractivity contribution in [2.75, 3.05) is 18.6 Å². The van der Waals surface area contributed by atoms with Gasteiger partial charge in [-0.1, -0.05) is 6.07 Å². The standard InChI is InChI=1S/C10H14BrNO3S/c1-16(14,15)5-4-12-7-8-2-3-10(13)9(11)6-8/h2-3,6,12-13H,4-5,7H2,1H3. The zero-order chi connectivity index (χ0) is 12.2. The minimum atomic E-state index is -2.91. The summed E-state index contributed by atoms with van der Waals surface area (Å²) in [6.07, 6.45) is 1.21. The van der Waals surface area contributed by atoms with Crippen LogP contribution in [-0.4, -0.2) is 32.1 Å². The normalized spacial score (nSPS) is 11.6. The Kier molecular flexibility index (Phi) is 4.76. The van der Waals surface area contributed by atoms with Crippen molar-refractivity contribution in [3.05, 3.63) is 28.2 Å². The largest absolute Gasteiger partial charge is 0.507 e. The molecule has 0 aliphatic carbocycles. The summed E-state index contributed by atoms with van der Waals surface area (Å²) in [6.45, 7) is 1.01. The van der Waals surface area contributed by atoms with Crippen LogP contribution in [0.3, 0.4) is 0 Å². The molecular formula is C10H14BrNO3S. The number of phenols is 1. The monoisotopic (exact) mass is 307 g/mol. The van der Waals surface area contributed by atoms with Crippen molar-refractivity contribution in [2.45, 2.75) is 6.54 Å². The summed E-state index contributed by atoms with van der Waals surface area (Å²) in [5.74, 6) is 0.326. The van der Waals surface area contributed by atoms with Crippen LogP contribution < -0.4 is 5.32 Å². The number of phenolic OH excluding ortho intramolecular Hbond substituents is 1. The molecule has 0 aliphatic heterocycles. The van der Waals surface area contributed by atoms with Crippen LogP contribution in [0, 0.1) is 0 Å². The van der Waals surface area contributed by atoms with Crippen molar-refractivity contribution in [3.63, 3.8) is 0 Å². The second-order valence-electron chi connectivity index (χ2n) is 3.59. The highest BCUT2D eigenvalue weighted by Gasteiger charge is 2.02. The minimum Gasteiger partial charge on any atom is -0.507 e. The first-order valence-electron chi connectivity index (χ1n) is 4.74. The van der Waals surface area contributed by atoms with Crippen LogP contribution >= 0.6 is 15.9 Å². The molecule has 4 nitrogen and oxygen atoms in total. The molecule has 1 rings (SSSR count). The Morgan fingerprint density at radius 2 is 2.12 bits per heavy atom. The van der Waals surface area contributed by atoms with Crippen LogP contribution in [0.2, 0.25) is 0 Å². The Morgan fingerprint density at radius 3 is 2.69 bits per heavy atom. The van der Waals surface area contributed by atoms with E-state index >= 15 is 0 Å². The van der Waals surface area contributed by atoms with E-state index in [0.29, 0.717) is 17.6 Å². The fourth-order valence-electron chi connectivity index (χ4n) is 1.15. The third kappa shape index (κ3) is 4.96. The van der Waals surface area contributed by atoms with Gasteiger partial charge in [-0.2, -0.15) is 0 Å². The van der Waals surface area contributed by atoms with E-state index in [9.17, 15) is 13.5 Å². The third-order valence-corrected chi connectivity index (χ3v) is 3.57. The van der Waals surface area contributed by atoms with E-state index in [1.165, 1.54) is 6.26 Å². The SMILES string of the molecule is CS(=O)(=O)CCNCc1ccc(O)c(Br)c1. The first kappa shape index (κ1) is 13.5. The highest BCUT2D eigenvalue weighted by Crippen LogP contribution is 2.23. The predicted octanol–water partition coefficient (Wildman–Crippen LogP) is 1.29. The molecule has 0 heterocycles. The van der Waals surface area contributed by atoms with Gasteiger partial charge in [0.1, 0.15) is 15.6 Å². The Morgan fingerprint density at radius 1 is 1.44 bits per heavy atom. The quantitative estimate of drug-likeness (QED) is 0.805. The molecule has 0 saturated heterocycles. The number of hydrogen-bond acceptors (Lipinski definition) is 4. The molecule has 0 aromatic heterocycles. The summed E-state index contributed by atoms with van der Waals surface area (Å²) in [5, 5.41) is 12.3. The second kappa shape index (κ2) is 5.65. The molecule has 0 atom stereocenters. The van der Waals surface area contributed by atoms with Gasteiger partial charge in [0.25, 0.3) is 0 Å². The van der Waals surface area contributed by atoms with Gasteiger partial charge in [0.15, 0.2) is 0 Å². The maximum Gasteiger partial charge on any atom is 0.148 e. The Bertz CT molecular complexity index is 459. The summed E-state index contributed by atoms with van der Waals surface area (Å²) < 4.78 is 22.4. The van der Waals surface area contributed by atoms with Crippen LogP contribution in [0.25, 0.3) is 0 Å². The van der Waals surface area contributed by atoms with Gasteiger partial charge < -0.3 is 10.4 Å². The van der Waals surface area contributed by atoms with E-state index in [1.54, 1.807) is 18.2 Å². The van der Waals surface area contributed by atoms with Gasteiger partial charge in [-0.3, -0.25) is 0 Å². The molecular weight excluding hydrogens is 294 g/mol. The van der Waals surface area contributed by atoms with Gasteiger partial charge in [-0.25, -0.2) is 8.42 Å². The van der Waals surface area contributed by atoms with E-state index < -0.39 is 9.84 Å². The van der Waals surface area contributed by atoms with Crippen molar-refractivity contribution in [2.24, 2.45) is 0 Å². The summed E-state index contributed by atoms with van der Waals surface area (Å²) in [5.41, 5.74) is 0.984. The molecule has 0 saturated carbocycles. The van der Waals surface area contributed by atoms with Gasteiger partial charge in [0.05, 0.1) is 10.2 Å². The van der Waals surface area contributed by atoms with Gasteiger partial charge in [0, 0.05) is 19.3 Å². The molecule has 6 heteroatoms. The smallest absolute Gasteiger partial charge is 0.148 e. The number of nitrogens with one attached hydrogen (secondary N) is 1. The second-order valence-corrected chi connectivity index (χ2v) is 6.71. The maximum absolute atomic E-state index is 10.9. The van der Waals surface area contributed by atoms with Crippen molar-refractivity contribution in [1.82, 2.24) is 5.32 Å². The first-order chi connectivity index (χ1) is 7.38. The maximum atomic E-state index is 10.9. The lowest BCUT2D eigenvalue weighted by atomic mass is 10.2. The lowest BCUT2D eigenvalue weighted by Gasteiger charge is -2.05. The molecule has 0 amide bonds. The zero-order valence-corrected chi connectivity index (χ0v) is 11.3. The molecule has 0 bridgehead atoms. The van der Waals surface area contributed by atoms with Crippen LogP contribution in [0.4, 0.5) is 0 Å². The highest BCUT2D eigenvalue weighted by molar-refractivity contribution is 9.10. The van der Waals surface area contributed by atoms with E-state index in [2.05, 4.69) is 21.2 Å². The molecule has 0 aliphatic rings. The zero-order valence-electron chi connectivity index (χ0n) is 8.90. The van der Waals surface area contributed by atoms with Crippen molar-refractivity contribution in [3.8, 4) is 5.75 Å². The van der Waals surface area contributed by atoms with Gasteiger partial charge >= 0.3 is 0 Å². The number of hydrogen-bond donors (Lipinski definition) is 2. The van der Waals surface area contributed by atoms with E-state index in [0.717, 1.165) is 5.56 Å². The topological polar surface area (TPSA) is 66.4 Å². The molecule has 0 radical (unpaired) electrons. The molecule has 1 aromatic rings. The molecule has 0 unspecified atom stereocenters. The first-order valence-corrected chi connectivity index (χ1v) is 7.60. The number of halogens is 1. The van der Waals surface area contributed by atoms with Gasteiger partial charge in [0.2, 0.25) is 0 Å². The molecule has 1 aromatic carbocycles. The van der Waals surface area contributed by atoms with Gasteiger partial charge in [-0.15, -0.1) is 0 Å². The third-order valence-electron chi connectivity index (χ3n) is 1.99. The van der Waals surface area contributed by atoms with E-state index in [4.69, 9.17) is 0 Å². The van der Waals surface area contributed by atoms with E-state index in [1.807, 2.05) is 0 Å². The van der Waals surface area contributed by atoms with Crippen molar-refractivity contribution < 1.29 is 13.5 Å². The highest BCUT2D eigenvalue weighted by atomic mass is 79.9. The minimum absolute atomic E-state index is 0.131. The van der Waals surface area contributed by atoms with Crippen LogP contribution in [0.15, 0.2) is 22.7 Å². The number of rotatable bonds is 5. The molecule has 0 fully saturated rings. The van der Waals surface area contributed by atoms with Crippen LogP contribution in [0.5, 0.6) is 5.75 Å². The fourth-order valence-corrected chi connectivity index (χ4v) is 2.09. The summed E-state index contributed by atoms with van der Waals surface area (Å²) in [4.78, 5) is 0. The van der Waals surface area contributed by atoms with Gasteiger partial charge in [-0.05, 0) is 33.6 Å². The molecule has 0 spiro atoms. The lowest BCUT2D eigenvalue weighted by Crippen LogP contribution is -2.21. The van der Waals surface area contributed by atoms with Crippen LogP contribution in [-0.2, 0) is 16.4 Å². The Labute approximate surface area is 104 Å². The molecule has 90 valence electrons. The number of benzene rings is 1. The van der Waals surface area contributed by atoms with Crippen molar-refractivity contribution >= 4 is 25.8 Å².